The monoisotopic (exact) mass is 250 g/mol. The number of hydrogen-bond donors (Lipinski definition) is 1. The van der Waals surface area contributed by atoms with Crippen LogP contribution in [-0.2, 0) is 0 Å². The van der Waals surface area contributed by atoms with Gasteiger partial charge < -0.3 is 4.90 Å². The Hall–Kier alpha value is -1.17. The SMILES string of the molecule is CN(C)CCCN(N)c1nsc2ccccc12. The highest BCUT2D eigenvalue weighted by atomic mass is 32.1. The third kappa shape index (κ3) is 2.94. The number of nitrogens with zero attached hydrogens (tertiary/aromatic N) is 3. The second-order valence-corrected chi connectivity index (χ2v) is 5.16. The zero-order valence-corrected chi connectivity index (χ0v) is 11.1. The molecule has 0 spiro atoms. The van der Waals surface area contributed by atoms with Crippen molar-refractivity contribution in [1.29, 1.82) is 0 Å². The molecular weight excluding hydrogens is 232 g/mol. The second kappa shape index (κ2) is 5.44. The zero-order chi connectivity index (χ0) is 12.3. The summed E-state index contributed by atoms with van der Waals surface area (Å²) in [5, 5.41) is 2.90. The van der Waals surface area contributed by atoms with Crippen molar-refractivity contribution in [2.75, 3.05) is 32.2 Å². The number of benzene rings is 1. The van der Waals surface area contributed by atoms with Crippen LogP contribution in [0, 0.1) is 0 Å². The third-order valence-electron chi connectivity index (χ3n) is 2.63. The maximum atomic E-state index is 6.05. The van der Waals surface area contributed by atoms with Gasteiger partial charge in [0.15, 0.2) is 5.82 Å². The van der Waals surface area contributed by atoms with Crippen LogP contribution in [0.15, 0.2) is 24.3 Å². The quantitative estimate of drug-likeness (QED) is 0.650. The summed E-state index contributed by atoms with van der Waals surface area (Å²) >= 11 is 1.50. The average molecular weight is 250 g/mol. The van der Waals surface area contributed by atoms with Gasteiger partial charge in [0.25, 0.3) is 0 Å². The topological polar surface area (TPSA) is 45.4 Å². The van der Waals surface area contributed by atoms with Crippen molar-refractivity contribution >= 4 is 27.4 Å². The number of anilines is 1. The maximum absolute atomic E-state index is 6.05. The molecule has 1 heterocycles. The van der Waals surface area contributed by atoms with Gasteiger partial charge in [-0.25, -0.2) is 5.84 Å². The van der Waals surface area contributed by atoms with Crippen molar-refractivity contribution in [2.24, 2.45) is 5.84 Å². The van der Waals surface area contributed by atoms with Crippen LogP contribution in [0.2, 0.25) is 0 Å². The molecule has 0 unspecified atom stereocenters. The van der Waals surface area contributed by atoms with E-state index in [9.17, 15) is 0 Å². The Balaban J connectivity index is 2.06. The van der Waals surface area contributed by atoms with Crippen molar-refractivity contribution in [3.05, 3.63) is 24.3 Å². The fourth-order valence-electron chi connectivity index (χ4n) is 1.74. The highest BCUT2D eigenvalue weighted by Gasteiger charge is 2.10. The molecule has 0 fully saturated rings. The van der Waals surface area contributed by atoms with E-state index < -0.39 is 0 Å². The minimum absolute atomic E-state index is 0.825. The molecule has 92 valence electrons. The van der Waals surface area contributed by atoms with Gasteiger partial charge in [-0.05, 0) is 50.7 Å². The minimum atomic E-state index is 0.825. The molecule has 0 radical (unpaired) electrons. The van der Waals surface area contributed by atoms with Gasteiger partial charge in [0.2, 0.25) is 0 Å². The molecular formula is C12H18N4S. The van der Waals surface area contributed by atoms with E-state index in [0.717, 1.165) is 30.7 Å². The molecule has 17 heavy (non-hydrogen) atoms. The summed E-state index contributed by atoms with van der Waals surface area (Å²) in [6.45, 7) is 1.86. The Bertz CT molecular complexity index is 480. The molecule has 2 rings (SSSR count). The summed E-state index contributed by atoms with van der Waals surface area (Å²) in [4.78, 5) is 2.16. The van der Waals surface area contributed by atoms with Crippen molar-refractivity contribution in [2.45, 2.75) is 6.42 Å². The Labute approximate surface area is 106 Å². The van der Waals surface area contributed by atoms with Gasteiger partial charge in [0.1, 0.15) is 0 Å². The molecule has 0 atom stereocenters. The van der Waals surface area contributed by atoms with Crippen LogP contribution >= 0.6 is 11.5 Å². The lowest BCUT2D eigenvalue weighted by Crippen LogP contribution is -2.33. The van der Waals surface area contributed by atoms with Gasteiger partial charge in [-0.15, -0.1) is 0 Å². The van der Waals surface area contributed by atoms with E-state index in [0.29, 0.717) is 0 Å². The highest BCUT2D eigenvalue weighted by Crippen LogP contribution is 2.27. The normalized spacial score (nSPS) is 11.3. The lowest BCUT2D eigenvalue weighted by atomic mass is 10.2. The number of aromatic nitrogens is 1. The largest absolute Gasteiger partial charge is 0.309 e. The molecule has 0 amide bonds. The molecule has 1 aromatic carbocycles. The van der Waals surface area contributed by atoms with Crippen LogP contribution in [0.5, 0.6) is 0 Å². The Morgan fingerprint density at radius 3 is 2.76 bits per heavy atom. The van der Waals surface area contributed by atoms with Crippen molar-refractivity contribution in [1.82, 2.24) is 9.27 Å². The van der Waals surface area contributed by atoms with Gasteiger partial charge >= 0.3 is 0 Å². The molecule has 0 saturated carbocycles. The summed E-state index contributed by atoms with van der Waals surface area (Å²) < 4.78 is 5.61. The first-order valence-electron chi connectivity index (χ1n) is 5.70. The number of fused-ring (bicyclic) bond motifs is 1. The third-order valence-corrected chi connectivity index (χ3v) is 3.45. The lowest BCUT2D eigenvalue weighted by molar-refractivity contribution is 0.400. The van der Waals surface area contributed by atoms with Crippen LogP contribution in [0.3, 0.4) is 0 Å². The van der Waals surface area contributed by atoms with Gasteiger partial charge in [0, 0.05) is 11.9 Å². The number of hydrogen-bond acceptors (Lipinski definition) is 5. The molecule has 0 aliphatic heterocycles. The summed E-state index contributed by atoms with van der Waals surface area (Å²) in [6.07, 6.45) is 1.04. The van der Waals surface area contributed by atoms with Gasteiger partial charge in [-0.3, -0.25) is 5.01 Å². The van der Waals surface area contributed by atoms with E-state index in [1.807, 2.05) is 12.1 Å². The Kier molecular flexibility index (Phi) is 3.93. The second-order valence-electron chi connectivity index (χ2n) is 4.35. The first kappa shape index (κ1) is 12.3. The van der Waals surface area contributed by atoms with Crippen LogP contribution in [-0.4, -0.2) is 36.5 Å². The van der Waals surface area contributed by atoms with Crippen molar-refractivity contribution in [3.63, 3.8) is 0 Å². The van der Waals surface area contributed by atoms with E-state index >= 15 is 0 Å². The van der Waals surface area contributed by atoms with Crippen LogP contribution < -0.4 is 10.9 Å². The predicted octanol–water partition coefficient (Wildman–Crippen LogP) is 1.93. The zero-order valence-electron chi connectivity index (χ0n) is 10.3. The fraction of sp³-hybridized carbons (Fsp3) is 0.417. The molecule has 4 nitrogen and oxygen atoms in total. The molecule has 0 aliphatic rings. The van der Waals surface area contributed by atoms with Gasteiger partial charge in [-0.2, -0.15) is 4.37 Å². The fourth-order valence-corrected chi connectivity index (χ4v) is 2.53. The molecule has 0 aliphatic carbocycles. The van der Waals surface area contributed by atoms with Crippen molar-refractivity contribution in [3.8, 4) is 0 Å². The van der Waals surface area contributed by atoms with E-state index in [1.54, 1.807) is 5.01 Å². The number of hydrazine groups is 1. The van der Waals surface area contributed by atoms with E-state index in [2.05, 4.69) is 35.5 Å². The average Bonchev–Trinajstić information content (AvgIpc) is 2.72. The molecule has 1 aromatic heterocycles. The van der Waals surface area contributed by atoms with E-state index in [4.69, 9.17) is 5.84 Å². The first-order chi connectivity index (χ1) is 8.18. The smallest absolute Gasteiger partial charge is 0.164 e. The van der Waals surface area contributed by atoms with E-state index in [1.165, 1.54) is 16.2 Å². The summed E-state index contributed by atoms with van der Waals surface area (Å²) in [5.74, 6) is 6.94. The van der Waals surface area contributed by atoms with E-state index in [-0.39, 0.29) is 0 Å². The number of rotatable bonds is 5. The van der Waals surface area contributed by atoms with Crippen LogP contribution in [0.25, 0.3) is 10.1 Å². The predicted molar refractivity (Wildman–Crippen MR) is 74.3 cm³/mol. The lowest BCUT2D eigenvalue weighted by Gasteiger charge is -2.17. The van der Waals surface area contributed by atoms with Crippen LogP contribution in [0.4, 0.5) is 5.82 Å². The minimum Gasteiger partial charge on any atom is -0.309 e. The Morgan fingerprint density at radius 1 is 1.24 bits per heavy atom. The summed E-state index contributed by atoms with van der Waals surface area (Å²) in [5.41, 5.74) is 0. The van der Waals surface area contributed by atoms with Crippen LogP contribution in [0.1, 0.15) is 6.42 Å². The summed E-state index contributed by atoms with van der Waals surface area (Å²) in [6, 6.07) is 8.19. The number of nitrogens with two attached hydrogens (primary N) is 1. The maximum Gasteiger partial charge on any atom is 0.164 e. The molecule has 2 N–H and O–H groups in total. The molecule has 2 aromatic rings. The standard InChI is InChI=1S/C12H18N4S/c1-15(2)8-5-9-16(13)12-10-6-3-4-7-11(10)17-14-12/h3-4,6-7H,5,8-9,13H2,1-2H3. The summed E-state index contributed by atoms with van der Waals surface area (Å²) in [7, 11) is 4.14. The van der Waals surface area contributed by atoms with Crippen molar-refractivity contribution < 1.29 is 0 Å². The molecule has 5 heteroatoms. The van der Waals surface area contributed by atoms with Gasteiger partial charge in [-0.1, -0.05) is 12.1 Å². The Morgan fingerprint density at radius 2 is 2.00 bits per heavy atom. The first-order valence-corrected chi connectivity index (χ1v) is 6.47. The molecule has 0 bridgehead atoms. The van der Waals surface area contributed by atoms with Gasteiger partial charge in [0.05, 0.1) is 4.70 Å². The highest BCUT2D eigenvalue weighted by molar-refractivity contribution is 7.13. The molecule has 0 saturated heterocycles.